The molecule has 0 saturated heterocycles. The van der Waals surface area contributed by atoms with Crippen molar-refractivity contribution in [1.29, 1.82) is 0 Å². The third-order valence-corrected chi connectivity index (χ3v) is 4.83. The van der Waals surface area contributed by atoms with Gasteiger partial charge < -0.3 is 10.4 Å². The third-order valence-electron chi connectivity index (χ3n) is 3.71. The molecule has 2 heterocycles. The number of amides is 1. The monoisotopic (exact) mass is 335 g/mol. The van der Waals surface area contributed by atoms with Gasteiger partial charge in [-0.2, -0.15) is 5.10 Å². The summed E-state index contributed by atoms with van der Waals surface area (Å²) in [6.45, 7) is 8.95. The zero-order chi connectivity index (χ0) is 17.0. The van der Waals surface area contributed by atoms with E-state index in [1.807, 2.05) is 29.1 Å². The first-order valence-corrected chi connectivity index (χ1v) is 8.82. The highest BCUT2D eigenvalue weighted by Gasteiger charge is 2.26. The fraction of sp³-hybridized carbons (Fsp3) is 0.529. The molecular formula is C17H25N3O2S. The minimum Gasteiger partial charge on any atom is -0.383 e. The van der Waals surface area contributed by atoms with Gasteiger partial charge in [0, 0.05) is 11.4 Å². The van der Waals surface area contributed by atoms with Gasteiger partial charge >= 0.3 is 0 Å². The number of nitrogens with zero attached hydrogens (tertiary/aromatic N) is 2. The van der Waals surface area contributed by atoms with Crippen LogP contribution in [0.3, 0.4) is 0 Å². The van der Waals surface area contributed by atoms with E-state index < -0.39 is 5.60 Å². The molecule has 0 spiro atoms. The van der Waals surface area contributed by atoms with Gasteiger partial charge in [-0.15, -0.1) is 11.3 Å². The number of carbonyl (C=O) groups excluding carboxylic acids is 1. The lowest BCUT2D eigenvalue weighted by Crippen LogP contribution is -2.38. The summed E-state index contributed by atoms with van der Waals surface area (Å²) in [7, 11) is 0. The predicted molar refractivity (Wildman–Crippen MR) is 92.7 cm³/mol. The minimum absolute atomic E-state index is 0.171. The Balaban J connectivity index is 2.08. The first-order chi connectivity index (χ1) is 10.8. The molecule has 0 bridgehead atoms. The maximum atomic E-state index is 12.5. The molecule has 0 aliphatic heterocycles. The van der Waals surface area contributed by atoms with E-state index in [-0.39, 0.29) is 12.5 Å². The highest BCUT2D eigenvalue weighted by atomic mass is 32.1. The second kappa shape index (κ2) is 7.27. The molecule has 2 N–H and O–H groups in total. The summed E-state index contributed by atoms with van der Waals surface area (Å²) < 4.78 is 1.90. The molecule has 0 aliphatic rings. The number of hydrogen-bond acceptors (Lipinski definition) is 4. The Morgan fingerprint density at radius 1 is 1.52 bits per heavy atom. The van der Waals surface area contributed by atoms with Gasteiger partial charge in [0.25, 0.3) is 5.91 Å². The second-order valence-corrected chi connectivity index (χ2v) is 7.32. The van der Waals surface area contributed by atoms with Crippen molar-refractivity contribution < 1.29 is 9.90 Å². The molecule has 0 saturated carbocycles. The topological polar surface area (TPSA) is 67.2 Å². The first kappa shape index (κ1) is 17.7. The third kappa shape index (κ3) is 4.20. The van der Waals surface area contributed by atoms with Gasteiger partial charge in [0.15, 0.2) is 0 Å². The lowest BCUT2D eigenvalue weighted by Gasteiger charge is -2.22. The number of aliphatic hydroxyl groups is 1. The smallest absolute Gasteiger partial charge is 0.254 e. The maximum Gasteiger partial charge on any atom is 0.254 e. The summed E-state index contributed by atoms with van der Waals surface area (Å²) in [5.74, 6) is 0.282. The van der Waals surface area contributed by atoms with Gasteiger partial charge in [0.2, 0.25) is 0 Å². The fourth-order valence-electron chi connectivity index (χ4n) is 2.50. The predicted octanol–water partition coefficient (Wildman–Crippen LogP) is 2.80. The molecule has 23 heavy (non-hydrogen) atoms. The van der Waals surface area contributed by atoms with E-state index in [1.54, 1.807) is 13.1 Å². The largest absolute Gasteiger partial charge is 0.383 e. The molecule has 1 amide bonds. The van der Waals surface area contributed by atoms with Crippen molar-refractivity contribution in [2.24, 2.45) is 5.92 Å². The number of nitrogens with one attached hydrogen (secondary N) is 1. The Hall–Kier alpha value is -1.66. The molecule has 6 heteroatoms. The van der Waals surface area contributed by atoms with Crippen LogP contribution in [-0.2, 0) is 18.6 Å². The highest BCUT2D eigenvalue weighted by Crippen LogP contribution is 2.24. The van der Waals surface area contributed by atoms with E-state index in [2.05, 4.69) is 24.3 Å². The van der Waals surface area contributed by atoms with Crippen molar-refractivity contribution >= 4 is 17.2 Å². The molecule has 126 valence electrons. The zero-order valence-corrected chi connectivity index (χ0v) is 15.0. The van der Waals surface area contributed by atoms with Crippen LogP contribution in [-0.4, -0.2) is 27.3 Å². The van der Waals surface area contributed by atoms with Gasteiger partial charge in [0.1, 0.15) is 5.60 Å². The van der Waals surface area contributed by atoms with E-state index >= 15 is 0 Å². The SMILES string of the molecule is CCc1c(C(=O)NCC(C)(O)c2cccs2)cnn1CC(C)C. The van der Waals surface area contributed by atoms with Crippen molar-refractivity contribution in [2.45, 2.75) is 46.3 Å². The van der Waals surface area contributed by atoms with Gasteiger partial charge in [-0.25, -0.2) is 0 Å². The van der Waals surface area contributed by atoms with Gasteiger partial charge in [0.05, 0.1) is 24.0 Å². The van der Waals surface area contributed by atoms with Crippen molar-refractivity contribution in [1.82, 2.24) is 15.1 Å². The Kier molecular flexibility index (Phi) is 5.59. The molecule has 0 aliphatic carbocycles. The number of rotatable bonds is 7. The van der Waals surface area contributed by atoms with Crippen LogP contribution in [0.25, 0.3) is 0 Å². The Morgan fingerprint density at radius 3 is 2.83 bits per heavy atom. The van der Waals surface area contributed by atoms with E-state index in [0.29, 0.717) is 11.5 Å². The molecule has 2 aromatic rings. The summed E-state index contributed by atoms with van der Waals surface area (Å²) in [4.78, 5) is 13.3. The van der Waals surface area contributed by atoms with E-state index in [4.69, 9.17) is 0 Å². The zero-order valence-electron chi connectivity index (χ0n) is 14.2. The Bertz CT molecular complexity index is 645. The van der Waals surface area contributed by atoms with E-state index in [9.17, 15) is 9.90 Å². The molecule has 1 unspecified atom stereocenters. The van der Waals surface area contributed by atoms with Crippen LogP contribution in [0.4, 0.5) is 0 Å². The van der Waals surface area contributed by atoms with E-state index in [0.717, 1.165) is 23.5 Å². The molecule has 2 aromatic heterocycles. The van der Waals surface area contributed by atoms with Crippen LogP contribution in [0.15, 0.2) is 23.7 Å². The summed E-state index contributed by atoms with van der Waals surface area (Å²) in [5, 5.41) is 19.6. The lowest BCUT2D eigenvalue weighted by molar-refractivity contribution is 0.0556. The number of thiophene rings is 1. The Morgan fingerprint density at radius 2 is 2.26 bits per heavy atom. The second-order valence-electron chi connectivity index (χ2n) is 6.37. The summed E-state index contributed by atoms with van der Waals surface area (Å²) in [6, 6.07) is 3.76. The molecule has 1 atom stereocenters. The average molecular weight is 335 g/mol. The van der Waals surface area contributed by atoms with Crippen LogP contribution < -0.4 is 5.32 Å². The summed E-state index contributed by atoms with van der Waals surface area (Å²) in [6.07, 6.45) is 2.37. The molecule has 2 rings (SSSR count). The number of hydrogen-bond donors (Lipinski definition) is 2. The average Bonchev–Trinajstić information content (AvgIpc) is 3.13. The maximum absolute atomic E-state index is 12.5. The minimum atomic E-state index is -1.07. The van der Waals surface area contributed by atoms with E-state index in [1.165, 1.54) is 11.3 Å². The van der Waals surface area contributed by atoms with Crippen molar-refractivity contribution in [3.8, 4) is 0 Å². The van der Waals surface area contributed by atoms with Gasteiger partial charge in [-0.05, 0) is 30.7 Å². The molecule has 0 radical (unpaired) electrons. The summed E-state index contributed by atoms with van der Waals surface area (Å²) in [5.41, 5.74) is 0.464. The quantitative estimate of drug-likeness (QED) is 0.817. The van der Waals surface area contributed by atoms with Crippen LogP contribution in [0.1, 0.15) is 48.6 Å². The molecular weight excluding hydrogens is 310 g/mol. The standard InChI is InChI=1S/C17H25N3O2S/c1-5-14-13(9-19-20(14)10-12(2)3)16(21)18-11-17(4,22)15-7-6-8-23-15/h6-9,12,22H,5,10-11H2,1-4H3,(H,18,21). The molecule has 0 aromatic carbocycles. The van der Waals surface area contributed by atoms with Crippen molar-refractivity contribution in [2.75, 3.05) is 6.54 Å². The molecule has 5 nitrogen and oxygen atoms in total. The first-order valence-electron chi connectivity index (χ1n) is 7.94. The normalized spacial score (nSPS) is 14.0. The van der Waals surface area contributed by atoms with Gasteiger partial charge in [-0.1, -0.05) is 26.8 Å². The highest BCUT2D eigenvalue weighted by molar-refractivity contribution is 7.10. The summed E-state index contributed by atoms with van der Waals surface area (Å²) >= 11 is 1.48. The van der Waals surface area contributed by atoms with Gasteiger partial charge in [-0.3, -0.25) is 9.48 Å². The van der Waals surface area contributed by atoms with Crippen LogP contribution in [0.5, 0.6) is 0 Å². The Labute approximate surface area is 141 Å². The van der Waals surface area contributed by atoms with Crippen molar-refractivity contribution in [3.63, 3.8) is 0 Å². The van der Waals surface area contributed by atoms with Crippen molar-refractivity contribution in [3.05, 3.63) is 39.8 Å². The molecule has 0 fully saturated rings. The fourth-order valence-corrected chi connectivity index (χ4v) is 3.28. The lowest BCUT2D eigenvalue weighted by atomic mass is 10.0. The van der Waals surface area contributed by atoms with Crippen LogP contribution in [0.2, 0.25) is 0 Å². The van der Waals surface area contributed by atoms with Crippen LogP contribution in [0, 0.1) is 5.92 Å². The number of aromatic nitrogens is 2. The number of carbonyl (C=O) groups is 1. The van der Waals surface area contributed by atoms with Crippen LogP contribution >= 0.6 is 11.3 Å².